The molecule has 0 bridgehead atoms. The van der Waals surface area contributed by atoms with Gasteiger partial charge in [-0.3, -0.25) is 4.79 Å². The number of hydrogen-bond donors (Lipinski definition) is 1. The molecule has 0 unspecified atom stereocenters. The second-order valence-electron chi connectivity index (χ2n) is 7.62. The van der Waals surface area contributed by atoms with Crippen LogP contribution in [-0.4, -0.2) is 32.4 Å². The summed E-state index contributed by atoms with van der Waals surface area (Å²) in [6.45, 7) is 2.83. The third-order valence-corrected chi connectivity index (χ3v) is 7.33. The van der Waals surface area contributed by atoms with Gasteiger partial charge in [0.2, 0.25) is 32.5 Å². The van der Waals surface area contributed by atoms with Crippen molar-refractivity contribution >= 4 is 33.2 Å². The topological polar surface area (TPSA) is 107 Å². The first-order valence-electron chi connectivity index (χ1n) is 9.88. The molecule has 7 nitrogen and oxygen atoms in total. The van der Waals surface area contributed by atoms with E-state index >= 15 is 0 Å². The SMILES string of the molecule is Cc1cccc(-c2nc(S(=O)(=O)c3ccc(Cl)cc3)c(N3CCC(C(N)=O)CC3)o2)c1. The average Bonchev–Trinajstić information content (AvgIpc) is 3.21. The fourth-order valence-corrected chi connectivity index (χ4v) is 5.11. The number of aromatic nitrogens is 1. The van der Waals surface area contributed by atoms with Gasteiger partial charge in [0.1, 0.15) is 0 Å². The monoisotopic (exact) mass is 459 g/mol. The Morgan fingerprint density at radius 1 is 1.16 bits per heavy atom. The zero-order chi connectivity index (χ0) is 22.2. The number of oxazole rings is 1. The number of sulfone groups is 1. The van der Waals surface area contributed by atoms with Crippen LogP contribution in [0, 0.1) is 12.8 Å². The molecular weight excluding hydrogens is 438 g/mol. The molecule has 1 aliphatic rings. The van der Waals surface area contributed by atoms with Crippen LogP contribution in [0.1, 0.15) is 18.4 Å². The van der Waals surface area contributed by atoms with Crippen molar-refractivity contribution in [1.29, 1.82) is 0 Å². The molecule has 9 heteroatoms. The minimum absolute atomic E-state index is 0.0780. The molecule has 162 valence electrons. The number of nitrogens with zero attached hydrogens (tertiary/aromatic N) is 2. The summed E-state index contributed by atoms with van der Waals surface area (Å²) in [4.78, 5) is 17.8. The van der Waals surface area contributed by atoms with Crippen LogP contribution in [0.15, 0.2) is 62.9 Å². The normalized spacial score (nSPS) is 15.2. The molecule has 0 saturated carbocycles. The van der Waals surface area contributed by atoms with Crippen molar-refractivity contribution in [3.05, 3.63) is 59.1 Å². The Morgan fingerprint density at radius 3 is 2.45 bits per heavy atom. The van der Waals surface area contributed by atoms with Crippen molar-refractivity contribution in [2.24, 2.45) is 11.7 Å². The van der Waals surface area contributed by atoms with Gasteiger partial charge in [-0.25, -0.2) is 8.42 Å². The van der Waals surface area contributed by atoms with Gasteiger partial charge in [-0.15, -0.1) is 0 Å². The molecule has 0 atom stereocenters. The van der Waals surface area contributed by atoms with Gasteiger partial charge >= 0.3 is 0 Å². The highest BCUT2D eigenvalue weighted by atomic mass is 35.5. The van der Waals surface area contributed by atoms with E-state index in [-0.39, 0.29) is 33.5 Å². The molecule has 0 radical (unpaired) electrons. The van der Waals surface area contributed by atoms with Gasteiger partial charge < -0.3 is 15.1 Å². The zero-order valence-electron chi connectivity index (χ0n) is 16.9. The van der Waals surface area contributed by atoms with Crippen LogP contribution in [0.2, 0.25) is 5.02 Å². The quantitative estimate of drug-likeness (QED) is 0.621. The Labute approximate surface area is 185 Å². The number of carbonyl (C=O) groups excluding carboxylic acids is 1. The number of anilines is 1. The van der Waals surface area contributed by atoms with E-state index in [1.54, 1.807) is 0 Å². The Hall–Kier alpha value is -2.84. The average molecular weight is 460 g/mol. The molecule has 4 rings (SSSR count). The first-order valence-corrected chi connectivity index (χ1v) is 11.7. The van der Waals surface area contributed by atoms with E-state index in [1.807, 2.05) is 36.1 Å². The number of primary amides is 1. The van der Waals surface area contributed by atoms with Crippen LogP contribution in [0.25, 0.3) is 11.5 Å². The number of rotatable bonds is 5. The molecule has 1 saturated heterocycles. The molecule has 2 heterocycles. The maximum atomic E-state index is 13.4. The zero-order valence-corrected chi connectivity index (χ0v) is 18.5. The fourth-order valence-electron chi connectivity index (χ4n) is 3.67. The maximum Gasteiger partial charge on any atom is 0.236 e. The van der Waals surface area contributed by atoms with Crippen LogP contribution in [0.4, 0.5) is 5.88 Å². The van der Waals surface area contributed by atoms with Gasteiger partial charge in [0.05, 0.1) is 4.90 Å². The van der Waals surface area contributed by atoms with E-state index in [1.165, 1.54) is 24.3 Å². The lowest BCUT2D eigenvalue weighted by Gasteiger charge is -2.30. The van der Waals surface area contributed by atoms with Gasteiger partial charge in [-0.1, -0.05) is 29.3 Å². The molecule has 0 spiro atoms. The van der Waals surface area contributed by atoms with Crippen LogP contribution in [0.5, 0.6) is 0 Å². The van der Waals surface area contributed by atoms with Crippen LogP contribution < -0.4 is 10.6 Å². The second-order valence-corrected chi connectivity index (χ2v) is 9.92. The summed E-state index contributed by atoms with van der Waals surface area (Å²) in [6.07, 6.45) is 1.05. The van der Waals surface area contributed by atoms with E-state index in [0.29, 0.717) is 36.5 Å². The van der Waals surface area contributed by atoms with Gasteiger partial charge in [0, 0.05) is 29.6 Å². The minimum atomic E-state index is -3.96. The minimum Gasteiger partial charge on any atom is -0.419 e. The van der Waals surface area contributed by atoms with Crippen molar-refractivity contribution in [1.82, 2.24) is 4.98 Å². The highest BCUT2D eigenvalue weighted by molar-refractivity contribution is 7.91. The van der Waals surface area contributed by atoms with Gasteiger partial charge in [0.25, 0.3) is 0 Å². The van der Waals surface area contributed by atoms with Crippen LogP contribution >= 0.6 is 11.6 Å². The van der Waals surface area contributed by atoms with E-state index in [0.717, 1.165) is 5.56 Å². The molecule has 1 amide bonds. The lowest BCUT2D eigenvalue weighted by atomic mass is 9.96. The molecule has 3 aromatic rings. The van der Waals surface area contributed by atoms with Crippen LogP contribution in [-0.2, 0) is 14.6 Å². The Morgan fingerprint density at radius 2 is 1.84 bits per heavy atom. The summed E-state index contributed by atoms with van der Waals surface area (Å²) in [5.74, 6) is -0.170. The molecule has 1 aromatic heterocycles. The van der Waals surface area contributed by atoms with Crippen molar-refractivity contribution in [3.8, 4) is 11.5 Å². The smallest absolute Gasteiger partial charge is 0.236 e. The van der Waals surface area contributed by atoms with Gasteiger partial charge in [-0.05, 0) is 56.2 Å². The predicted molar refractivity (Wildman–Crippen MR) is 118 cm³/mol. The molecular formula is C22H22ClN3O4S. The summed E-state index contributed by atoms with van der Waals surface area (Å²) in [6, 6.07) is 13.4. The molecule has 1 fully saturated rings. The van der Waals surface area contributed by atoms with Gasteiger partial charge in [-0.2, -0.15) is 4.98 Å². The second kappa shape index (κ2) is 8.36. The van der Waals surface area contributed by atoms with E-state index < -0.39 is 9.84 Å². The number of nitrogens with two attached hydrogens (primary N) is 1. The Bertz CT molecular complexity index is 1210. The molecule has 31 heavy (non-hydrogen) atoms. The summed E-state index contributed by atoms with van der Waals surface area (Å²) in [5, 5.41) is 0.289. The van der Waals surface area contributed by atoms with E-state index in [4.69, 9.17) is 21.8 Å². The fraction of sp³-hybridized carbons (Fsp3) is 0.273. The number of carbonyl (C=O) groups is 1. The van der Waals surface area contributed by atoms with Crippen molar-refractivity contribution in [3.63, 3.8) is 0 Å². The number of piperidine rings is 1. The molecule has 0 aliphatic carbocycles. The maximum absolute atomic E-state index is 13.4. The third kappa shape index (κ3) is 4.31. The van der Waals surface area contributed by atoms with Crippen molar-refractivity contribution < 1.29 is 17.6 Å². The van der Waals surface area contributed by atoms with Crippen molar-refractivity contribution in [2.75, 3.05) is 18.0 Å². The highest BCUT2D eigenvalue weighted by Crippen LogP contribution is 2.36. The van der Waals surface area contributed by atoms with Gasteiger partial charge in [0.15, 0.2) is 0 Å². The number of benzene rings is 2. The first-order chi connectivity index (χ1) is 14.8. The summed E-state index contributed by atoms with van der Waals surface area (Å²) in [7, 11) is -3.96. The largest absolute Gasteiger partial charge is 0.419 e. The lowest BCUT2D eigenvalue weighted by molar-refractivity contribution is -0.122. The Balaban J connectivity index is 1.79. The summed E-state index contributed by atoms with van der Waals surface area (Å²) in [5.41, 5.74) is 7.12. The summed E-state index contributed by atoms with van der Waals surface area (Å²) >= 11 is 5.92. The van der Waals surface area contributed by atoms with Crippen LogP contribution in [0.3, 0.4) is 0 Å². The highest BCUT2D eigenvalue weighted by Gasteiger charge is 2.34. The first kappa shape index (κ1) is 21.4. The number of halogens is 1. The molecule has 2 aromatic carbocycles. The van der Waals surface area contributed by atoms with E-state index in [2.05, 4.69) is 4.98 Å². The third-order valence-electron chi connectivity index (χ3n) is 5.41. The standard InChI is InChI=1S/C22H22ClN3O4S/c1-14-3-2-4-16(13-14)20-25-21(31(28,29)18-7-5-17(23)6-8-18)22(30-20)26-11-9-15(10-12-26)19(24)27/h2-8,13,15H,9-12H2,1H3,(H2,24,27). The molecule has 2 N–H and O–H groups in total. The lowest BCUT2D eigenvalue weighted by Crippen LogP contribution is -2.38. The number of amides is 1. The molecule has 1 aliphatic heterocycles. The van der Waals surface area contributed by atoms with E-state index in [9.17, 15) is 13.2 Å². The predicted octanol–water partition coefficient (Wildman–Crippen LogP) is 3.84. The van der Waals surface area contributed by atoms with Crippen molar-refractivity contribution in [2.45, 2.75) is 29.7 Å². The summed E-state index contributed by atoms with van der Waals surface area (Å²) < 4.78 is 32.9. The Kier molecular flexibility index (Phi) is 5.77. The number of aryl methyl sites for hydroxylation is 1. The number of hydrogen-bond acceptors (Lipinski definition) is 6.